The van der Waals surface area contributed by atoms with Crippen LogP contribution < -0.4 is 5.32 Å². The Morgan fingerprint density at radius 2 is 1.88 bits per heavy atom. The normalized spacial score (nSPS) is 15.2. The Kier molecular flexibility index (Phi) is 9.85. The van der Waals surface area contributed by atoms with E-state index in [2.05, 4.69) is 39.9 Å². The largest absolute Gasteiger partial charge is 0.381 e. The smallest absolute Gasteiger partial charge is 0.0471 e. The van der Waals surface area contributed by atoms with E-state index in [1.807, 2.05) is 0 Å². The van der Waals surface area contributed by atoms with Crippen LogP contribution in [0.25, 0.3) is 0 Å². The molecule has 2 heteroatoms. The maximum Gasteiger partial charge on any atom is 0.0471 e. The summed E-state index contributed by atoms with van der Waals surface area (Å²) in [6, 6.07) is 0. The molecule has 0 rings (SSSR count). The summed E-state index contributed by atoms with van der Waals surface area (Å²) < 4.78 is 5.67. The summed E-state index contributed by atoms with van der Waals surface area (Å²) in [5, 5.41) is 3.57. The molecule has 104 valence electrons. The summed E-state index contributed by atoms with van der Waals surface area (Å²) in [6.07, 6.45) is 4.79. The van der Waals surface area contributed by atoms with Crippen molar-refractivity contribution in [1.82, 2.24) is 5.32 Å². The van der Waals surface area contributed by atoms with Crippen LogP contribution in [-0.2, 0) is 4.74 Å². The van der Waals surface area contributed by atoms with Crippen LogP contribution in [0.4, 0.5) is 0 Å². The van der Waals surface area contributed by atoms with Gasteiger partial charge in [0.25, 0.3) is 0 Å². The number of rotatable bonds is 11. The molecule has 2 nitrogen and oxygen atoms in total. The van der Waals surface area contributed by atoms with Crippen LogP contribution in [0.2, 0.25) is 0 Å². The summed E-state index contributed by atoms with van der Waals surface area (Å²) in [7, 11) is 0. The molecule has 0 aliphatic rings. The van der Waals surface area contributed by atoms with Crippen LogP contribution in [0.15, 0.2) is 0 Å². The van der Waals surface area contributed by atoms with E-state index in [0.29, 0.717) is 5.41 Å². The summed E-state index contributed by atoms with van der Waals surface area (Å²) in [6.45, 7) is 15.4. The first-order valence-electron chi connectivity index (χ1n) is 7.32. The predicted molar refractivity (Wildman–Crippen MR) is 76.4 cm³/mol. The Balaban J connectivity index is 3.69. The van der Waals surface area contributed by atoms with E-state index >= 15 is 0 Å². The standard InChI is InChI=1S/C15H33NO/c1-6-8-10-17-11-9-15(5,7-2)13-16-12-14(3)4/h14,16H,6-13H2,1-5H3. The minimum atomic E-state index is 0.390. The average molecular weight is 243 g/mol. The molecule has 0 aromatic rings. The van der Waals surface area contributed by atoms with E-state index in [4.69, 9.17) is 4.74 Å². The van der Waals surface area contributed by atoms with Crippen molar-refractivity contribution in [2.24, 2.45) is 11.3 Å². The SMILES string of the molecule is CCCCOCCC(C)(CC)CNCC(C)C. The van der Waals surface area contributed by atoms with E-state index in [9.17, 15) is 0 Å². The highest BCUT2D eigenvalue weighted by molar-refractivity contribution is 4.75. The lowest BCUT2D eigenvalue weighted by Gasteiger charge is -2.29. The maximum absolute atomic E-state index is 5.67. The van der Waals surface area contributed by atoms with Crippen molar-refractivity contribution in [3.05, 3.63) is 0 Å². The minimum Gasteiger partial charge on any atom is -0.381 e. The fourth-order valence-corrected chi connectivity index (χ4v) is 1.72. The minimum absolute atomic E-state index is 0.390. The van der Waals surface area contributed by atoms with Crippen molar-refractivity contribution in [1.29, 1.82) is 0 Å². The van der Waals surface area contributed by atoms with E-state index in [0.717, 1.165) is 38.6 Å². The summed E-state index contributed by atoms with van der Waals surface area (Å²) in [5.74, 6) is 0.733. The quantitative estimate of drug-likeness (QED) is 0.556. The number of hydrogen-bond donors (Lipinski definition) is 1. The van der Waals surface area contributed by atoms with Crippen molar-refractivity contribution in [2.45, 2.75) is 60.3 Å². The van der Waals surface area contributed by atoms with E-state index in [1.165, 1.54) is 19.3 Å². The first kappa shape index (κ1) is 16.9. The topological polar surface area (TPSA) is 21.3 Å². The molecule has 0 bridgehead atoms. The molecule has 0 amide bonds. The fourth-order valence-electron chi connectivity index (χ4n) is 1.72. The third kappa shape index (κ3) is 9.61. The molecule has 0 saturated heterocycles. The van der Waals surface area contributed by atoms with Gasteiger partial charge in [-0.15, -0.1) is 0 Å². The van der Waals surface area contributed by atoms with Gasteiger partial charge in [0, 0.05) is 19.8 Å². The highest BCUT2D eigenvalue weighted by Gasteiger charge is 2.21. The number of ether oxygens (including phenoxy) is 1. The first-order chi connectivity index (χ1) is 8.04. The lowest BCUT2D eigenvalue weighted by atomic mass is 9.84. The Morgan fingerprint density at radius 3 is 2.41 bits per heavy atom. The molecule has 0 heterocycles. The zero-order valence-corrected chi connectivity index (χ0v) is 12.6. The Labute approximate surface area is 109 Å². The van der Waals surface area contributed by atoms with Crippen molar-refractivity contribution in [3.8, 4) is 0 Å². The molecule has 1 atom stereocenters. The van der Waals surface area contributed by atoms with Gasteiger partial charge in [0.1, 0.15) is 0 Å². The lowest BCUT2D eigenvalue weighted by molar-refractivity contribution is 0.0942. The van der Waals surface area contributed by atoms with Gasteiger partial charge in [0.05, 0.1) is 0 Å². The van der Waals surface area contributed by atoms with Crippen molar-refractivity contribution in [3.63, 3.8) is 0 Å². The molecular formula is C15H33NO. The highest BCUT2D eigenvalue weighted by Crippen LogP contribution is 2.24. The van der Waals surface area contributed by atoms with Gasteiger partial charge in [-0.25, -0.2) is 0 Å². The van der Waals surface area contributed by atoms with Crippen LogP contribution in [0.1, 0.15) is 60.3 Å². The second-order valence-electron chi connectivity index (χ2n) is 5.90. The number of hydrogen-bond acceptors (Lipinski definition) is 2. The van der Waals surface area contributed by atoms with Crippen molar-refractivity contribution in [2.75, 3.05) is 26.3 Å². The van der Waals surface area contributed by atoms with E-state index < -0.39 is 0 Å². The van der Waals surface area contributed by atoms with E-state index in [1.54, 1.807) is 0 Å². The van der Waals surface area contributed by atoms with Gasteiger partial charge in [0.2, 0.25) is 0 Å². The molecule has 0 radical (unpaired) electrons. The summed E-state index contributed by atoms with van der Waals surface area (Å²) in [5.41, 5.74) is 0.390. The van der Waals surface area contributed by atoms with Crippen LogP contribution in [0, 0.1) is 11.3 Å². The second kappa shape index (κ2) is 9.90. The lowest BCUT2D eigenvalue weighted by Crippen LogP contribution is -2.34. The zero-order valence-electron chi connectivity index (χ0n) is 12.6. The van der Waals surface area contributed by atoms with E-state index in [-0.39, 0.29) is 0 Å². The Bertz CT molecular complexity index is 170. The summed E-state index contributed by atoms with van der Waals surface area (Å²) in [4.78, 5) is 0. The van der Waals surface area contributed by atoms with Gasteiger partial charge >= 0.3 is 0 Å². The molecule has 0 aliphatic carbocycles. The highest BCUT2D eigenvalue weighted by atomic mass is 16.5. The van der Waals surface area contributed by atoms with Gasteiger partial charge in [-0.1, -0.05) is 41.0 Å². The number of unbranched alkanes of at least 4 members (excludes halogenated alkanes) is 1. The molecule has 0 aliphatic heterocycles. The van der Waals surface area contributed by atoms with Gasteiger partial charge in [-0.3, -0.25) is 0 Å². The van der Waals surface area contributed by atoms with Crippen molar-refractivity contribution >= 4 is 0 Å². The van der Waals surface area contributed by atoms with Crippen LogP contribution in [-0.4, -0.2) is 26.3 Å². The predicted octanol–water partition coefficient (Wildman–Crippen LogP) is 3.86. The second-order valence-corrected chi connectivity index (χ2v) is 5.90. The van der Waals surface area contributed by atoms with Crippen LogP contribution in [0.3, 0.4) is 0 Å². The van der Waals surface area contributed by atoms with Crippen molar-refractivity contribution < 1.29 is 4.74 Å². The van der Waals surface area contributed by atoms with Crippen LogP contribution >= 0.6 is 0 Å². The first-order valence-corrected chi connectivity index (χ1v) is 7.32. The van der Waals surface area contributed by atoms with Gasteiger partial charge in [-0.2, -0.15) is 0 Å². The maximum atomic E-state index is 5.67. The molecule has 0 aromatic carbocycles. The molecule has 1 unspecified atom stereocenters. The van der Waals surface area contributed by atoms with Gasteiger partial charge in [0.15, 0.2) is 0 Å². The fraction of sp³-hybridized carbons (Fsp3) is 1.00. The number of nitrogens with one attached hydrogen (secondary N) is 1. The molecule has 0 saturated carbocycles. The van der Waals surface area contributed by atoms with Gasteiger partial charge in [-0.05, 0) is 37.1 Å². The van der Waals surface area contributed by atoms with Crippen LogP contribution in [0.5, 0.6) is 0 Å². The summed E-state index contributed by atoms with van der Waals surface area (Å²) >= 11 is 0. The average Bonchev–Trinajstić information content (AvgIpc) is 2.28. The molecule has 0 aromatic heterocycles. The van der Waals surface area contributed by atoms with Gasteiger partial charge < -0.3 is 10.1 Å². The zero-order chi connectivity index (χ0) is 13.1. The molecule has 0 fully saturated rings. The monoisotopic (exact) mass is 243 g/mol. The third-order valence-corrected chi connectivity index (χ3v) is 3.45. The third-order valence-electron chi connectivity index (χ3n) is 3.45. The molecule has 0 spiro atoms. The molecular weight excluding hydrogens is 210 g/mol. The molecule has 1 N–H and O–H groups in total. The Morgan fingerprint density at radius 1 is 1.18 bits per heavy atom. The molecule has 17 heavy (non-hydrogen) atoms. The Hall–Kier alpha value is -0.0800.